The molecule has 2 aliphatic rings. The summed E-state index contributed by atoms with van der Waals surface area (Å²) in [5.41, 5.74) is 4.44. The number of aromatic nitrogens is 1. The molecule has 1 unspecified atom stereocenters. The third-order valence-corrected chi connectivity index (χ3v) is 6.23. The molecule has 3 aromatic rings. The Balaban J connectivity index is 1.38. The molecule has 1 saturated heterocycles. The summed E-state index contributed by atoms with van der Waals surface area (Å²) in [5, 5.41) is 9.89. The molecule has 2 N–H and O–H groups in total. The second-order valence-electron chi connectivity index (χ2n) is 8.37. The lowest BCUT2D eigenvalue weighted by Gasteiger charge is -2.39. The highest BCUT2D eigenvalue weighted by molar-refractivity contribution is 5.81. The molecule has 7 heteroatoms. The summed E-state index contributed by atoms with van der Waals surface area (Å²) in [7, 11) is 0. The Kier molecular flexibility index (Phi) is 4.92. The summed E-state index contributed by atoms with van der Waals surface area (Å²) in [6, 6.07) is 13.7. The number of hydrogen-bond donors (Lipinski definition) is 2. The third-order valence-electron chi connectivity index (χ3n) is 6.23. The first-order valence-corrected chi connectivity index (χ1v) is 10.4. The summed E-state index contributed by atoms with van der Waals surface area (Å²) >= 11 is 0. The van der Waals surface area contributed by atoms with Crippen LogP contribution in [0.25, 0.3) is 11.1 Å². The minimum atomic E-state index is -0.492. The van der Waals surface area contributed by atoms with Crippen LogP contribution in [0.5, 0.6) is 0 Å². The number of β-amino-alcohol motifs (C(OH)–C–C–N with tert-alkyl or cyclic N) is 1. The lowest BCUT2D eigenvalue weighted by atomic mass is 9.93. The Labute approximate surface area is 173 Å². The van der Waals surface area contributed by atoms with E-state index in [1.165, 1.54) is 11.1 Å². The second-order valence-corrected chi connectivity index (χ2v) is 8.37. The zero-order valence-corrected chi connectivity index (χ0v) is 16.7. The number of aliphatic hydroxyl groups excluding tert-OH is 1. The van der Waals surface area contributed by atoms with Crippen molar-refractivity contribution in [3.8, 4) is 0 Å². The van der Waals surface area contributed by atoms with Crippen molar-refractivity contribution in [1.82, 2.24) is 14.8 Å². The number of aliphatic hydroxyl groups is 1. The highest BCUT2D eigenvalue weighted by Gasteiger charge is 2.32. The number of H-pyrrole nitrogens is 1. The summed E-state index contributed by atoms with van der Waals surface area (Å²) in [5.74, 6) is -0.423. The van der Waals surface area contributed by atoms with Crippen LogP contribution in [0.2, 0.25) is 0 Å². The van der Waals surface area contributed by atoms with Gasteiger partial charge in [0.15, 0.2) is 5.58 Å². The Bertz CT molecular complexity index is 1130. The van der Waals surface area contributed by atoms with Crippen LogP contribution in [0.15, 0.2) is 51.7 Å². The van der Waals surface area contributed by atoms with Gasteiger partial charge in [-0.2, -0.15) is 0 Å². The molecule has 1 fully saturated rings. The maximum atomic E-state index is 13.3. The van der Waals surface area contributed by atoms with E-state index >= 15 is 0 Å². The van der Waals surface area contributed by atoms with Crippen molar-refractivity contribution >= 4 is 17.0 Å². The molecule has 7 nitrogen and oxygen atoms in total. The molecule has 3 heterocycles. The smallest absolute Gasteiger partial charge is 0.408 e. The van der Waals surface area contributed by atoms with Gasteiger partial charge in [0.05, 0.1) is 18.0 Å². The van der Waals surface area contributed by atoms with Gasteiger partial charge >= 0.3 is 5.76 Å². The van der Waals surface area contributed by atoms with E-state index in [0.29, 0.717) is 24.2 Å². The highest BCUT2D eigenvalue weighted by atomic mass is 16.4. The van der Waals surface area contributed by atoms with Gasteiger partial charge < -0.3 is 14.4 Å². The predicted octanol–water partition coefficient (Wildman–Crippen LogP) is 1.68. The van der Waals surface area contributed by atoms with Crippen molar-refractivity contribution in [1.29, 1.82) is 0 Å². The second kappa shape index (κ2) is 7.74. The fourth-order valence-electron chi connectivity index (χ4n) is 4.70. The number of fused-ring (bicyclic) bond motifs is 2. The maximum absolute atomic E-state index is 13.3. The number of nitrogens with one attached hydrogen (secondary N) is 1. The van der Waals surface area contributed by atoms with Gasteiger partial charge in [0.25, 0.3) is 0 Å². The Morgan fingerprint density at radius 1 is 1.20 bits per heavy atom. The minimum absolute atomic E-state index is 0.0689. The molecule has 156 valence electrons. The van der Waals surface area contributed by atoms with E-state index in [9.17, 15) is 14.7 Å². The number of likely N-dealkylation sites (tertiary alicyclic amines) is 1. The van der Waals surface area contributed by atoms with E-state index in [0.717, 1.165) is 31.5 Å². The van der Waals surface area contributed by atoms with Gasteiger partial charge in [0.1, 0.15) is 0 Å². The molecular weight excluding hydrogens is 382 g/mol. The fourth-order valence-corrected chi connectivity index (χ4v) is 4.70. The Morgan fingerprint density at radius 2 is 2.03 bits per heavy atom. The van der Waals surface area contributed by atoms with Crippen molar-refractivity contribution < 1.29 is 14.3 Å². The first-order chi connectivity index (χ1) is 14.5. The van der Waals surface area contributed by atoms with Crippen molar-refractivity contribution in [2.24, 2.45) is 0 Å². The van der Waals surface area contributed by atoms with Gasteiger partial charge in [-0.25, -0.2) is 4.79 Å². The van der Waals surface area contributed by atoms with Crippen LogP contribution >= 0.6 is 0 Å². The van der Waals surface area contributed by atoms with Gasteiger partial charge in [-0.15, -0.1) is 0 Å². The van der Waals surface area contributed by atoms with Crippen molar-refractivity contribution in [2.75, 3.05) is 19.6 Å². The molecule has 2 aliphatic heterocycles. The molecule has 2 aromatic carbocycles. The monoisotopic (exact) mass is 407 g/mol. The summed E-state index contributed by atoms with van der Waals surface area (Å²) in [6.07, 6.45) is 1.61. The molecule has 0 saturated carbocycles. The van der Waals surface area contributed by atoms with Gasteiger partial charge in [-0.3, -0.25) is 14.7 Å². The SMILES string of the molecule is O=C(Cc1ccc2oc(=O)[nH]c2c1)N1Cc2ccccc2CC1CN1CC[C@H](O)C1. The topological polar surface area (TPSA) is 89.8 Å². The molecule has 30 heavy (non-hydrogen) atoms. The van der Waals surface area contributed by atoms with Crippen LogP contribution in [-0.4, -0.2) is 57.6 Å². The van der Waals surface area contributed by atoms with Crippen LogP contribution in [-0.2, 0) is 24.2 Å². The average molecular weight is 407 g/mol. The normalized spacial score (nSPS) is 21.8. The van der Waals surface area contributed by atoms with Gasteiger partial charge in [0, 0.05) is 32.2 Å². The molecule has 0 bridgehead atoms. The first kappa shape index (κ1) is 19.1. The van der Waals surface area contributed by atoms with Crippen LogP contribution in [0.4, 0.5) is 0 Å². The van der Waals surface area contributed by atoms with Crippen LogP contribution in [0.1, 0.15) is 23.1 Å². The number of rotatable bonds is 4. The van der Waals surface area contributed by atoms with Gasteiger partial charge in [-0.05, 0) is 41.7 Å². The lowest BCUT2D eigenvalue weighted by molar-refractivity contribution is -0.134. The van der Waals surface area contributed by atoms with E-state index in [2.05, 4.69) is 22.0 Å². The number of nitrogens with zero attached hydrogens (tertiary/aromatic N) is 2. The number of aromatic amines is 1. The molecule has 0 spiro atoms. The highest BCUT2D eigenvalue weighted by Crippen LogP contribution is 2.26. The summed E-state index contributed by atoms with van der Waals surface area (Å²) < 4.78 is 5.05. The average Bonchev–Trinajstić information content (AvgIpc) is 3.31. The molecular formula is C23H25N3O4. The largest absolute Gasteiger partial charge is 0.417 e. The van der Waals surface area contributed by atoms with Gasteiger partial charge in [0.2, 0.25) is 5.91 Å². The Hall–Kier alpha value is -2.90. The fraction of sp³-hybridized carbons (Fsp3) is 0.391. The Morgan fingerprint density at radius 3 is 2.83 bits per heavy atom. The molecule has 2 atom stereocenters. The molecule has 5 rings (SSSR count). The maximum Gasteiger partial charge on any atom is 0.417 e. The van der Waals surface area contributed by atoms with E-state index in [-0.39, 0.29) is 24.5 Å². The van der Waals surface area contributed by atoms with E-state index in [1.807, 2.05) is 29.2 Å². The van der Waals surface area contributed by atoms with Crippen molar-refractivity contribution in [3.05, 3.63) is 69.7 Å². The van der Waals surface area contributed by atoms with Crippen LogP contribution < -0.4 is 5.76 Å². The lowest BCUT2D eigenvalue weighted by Crippen LogP contribution is -2.50. The molecule has 1 amide bonds. The van der Waals surface area contributed by atoms with E-state index in [1.54, 1.807) is 6.07 Å². The number of carbonyl (C=O) groups is 1. The number of oxazole rings is 1. The summed E-state index contributed by atoms with van der Waals surface area (Å²) in [4.78, 5) is 31.6. The van der Waals surface area contributed by atoms with E-state index < -0.39 is 5.76 Å². The van der Waals surface area contributed by atoms with Gasteiger partial charge in [-0.1, -0.05) is 30.3 Å². The summed E-state index contributed by atoms with van der Waals surface area (Å²) in [6.45, 7) is 2.91. The zero-order valence-electron chi connectivity index (χ0n) is 16.7. The predicted molar refractivity (Wildman–Crippen MR) is 112 cm³/mol. The number of amides is 1. The van der Waals surface area contributed by atoms with E-state index in [4.69, 9.17) is 4.42 Å². The standard InChI is InChI=1S/C23H25N3O4/c27-19-7-8-25(14-19)13-18-11-16-3-1-2-4-17(16)12-26(18)22(28)10-15-5-6-21-20(9-15)24-23(29)30-21/h1-6,9,18-19,27H,7-8,10-14H2,(H,24,29)/t18?,19-/m0/s1. The third kappa shape index (κ3) is 3.78. The first-order valence-electron chi connectivity index (χ1n) is 10.4. The number of hydrogen-bond acceptors (Lipinski definition) is 5. The van der Waals surface area contributed by atoms with Crippen molar-refractivity contribution in [2.45, 2.75) is 38.0 Å². The minimum Gasteiger partial charge on any atom is -0.408 e. The quantitative estimate of drug-likeness (QED) is 0.687. The van der Waals surface area contributed by atoms with Crippen molar-refractivity contribution in [3.63, 3.8) is 0 Å². The van der Waals surface area contributed by atoms with Crippen LogP contribution in [0, 0.1) is 0 Å². The van der Waals surface area contributed by atoms with Crippen LogP contribution in [0.3, 0.4) is 0 Å². The zero-order chi connectivity index (χ0) is 20.7. The number of benzene rings is 2. The molecule has 1 aromatic heterocycles. The number of carbonyl (C=O) groups excluding carboxylic acids is 1. The molecule has 0 radical (unpaired) electrons. The molecule has 0 aliphatic carbocycles.